The zero-order valence-electron chi connectivity index (χ0n) is 11.0. The number of hydrogen-bond donors (Lipinski definition) is 1. The highest BCUT2D eigenvalue weighted by Crippen LogP contribution is 2.32. The lowest BCUT2D eigenvalue weighted by Gasteiger charge is -2.12. The molecule has 1 N–H and O–H groups in total. The Morgan fingerprint density at radius 2 is 1.95 bits per heavy atom. The Labute approximate surface area is 109 Å². The Bertz CT molecular complexity index is 408. The van der Waals surface area contributed by atoms with Gasteiger partial charge in [0, 0.05) is 13.1 Å². The third-order valence-corrected chi connectivity index (χ3v) is 2.17. The molecule has 0 aliphatic rings. The van der Waals surface area contributed by atoms with Crippen LogP contribution in [-0.2, 0) is 10.9 Å². The molecule has 1 aromatic heterocycles. The highest BCUT2D eigenvalue weighted by Gasteiger charge is 2.31. The Hall–Kier alpha value is -1.50. The summed E-state index contributed by atoms with van der Waals surface area (Å²) < 4.78 is 48.3. The zero-order chi connectivity index (χ0) is 14.5. The van der Waals surface area contributed by atoms with Crippen LogP contribution >= 0.6 is 0 Å². The van der Waals surface area contributed by atoms with E-state index in [0.29, 0.717) is 6.61 Å². The number of alkyl halides is 3. The van der Waals surface area contributed by atoms with E-state index in [1.807, 2.05) is 13.8 Å². The maximum Gasteiger partial charge on any atom is 0.416 e. The second-order valence-corrected chi connectivity index (χ2v) is 4.10. The first-order valence-corrected chi connectivity index (χ1v) is 5.84. The molecule has 0 atom stereocenters. The van der Waals surface area contributed by atoms with E-state index < -0.39 is 11.7 Å². The van der Waals surface area contributed by atoms with E-state index in [4.69, 9.17) is 9.47 Å². The summed E-state index contributed by atoms with van der Waals surface area (Å²) in [6, 6.07) is 1.80. The lowest BCUT2D eigenvalue weighted by atomic mass is 10.2. The van der Waals surface area contributed by atoms with Crippen molar-refractivity contribution in [1.82, 2.24) is 4.98 Å². The van der Waals surface area contributed by atoms with Gasteiger partial charge < -0.3 is 14.8 Å². The summed E-state index contributed by atoms with van der Waals surface area (Å²) in [6.45, 7) is 4.17. The third kappa shape index (κ3) is 5.34. The van der Waals surface area contributed by atoms with Crippen molar-refractivity contribution in [2.24, 2.45) is 0 Å². The number of anilines is 1. The van der Waals surface area contributed by atoms with Crippen LogP contribution in [0, 0.1) is 0 Å². The van der Waals surface area contributed by atoms with E-state index in [-0.39, 0.29) is 24.4 Å². The van der Waals surface area contributed by atoms with Gasteiger partial charge in [-0.15, -0.1) is 0 Å². The van der Waals surface area contributed by atoms with Crippen LogP contribution in [0.2, 0.25) is 0 Å². The quantitative estimate of drug-likeness (QED) is 0.812. The first-order chi connectivity index (χ1) is 8.82. The van der Waals surface area contributed by atoms with Gasteiger partial charge in [-0.3, -0.25) is 0 Å². The first kappa shape index (κ1) is 15.6. The van der Waals surface area contributed by atoms with Crippen molar-refractivity contribution in [2.75, 3.05) is 25.6 Å². The Balaban J connectivity index is 2.72. The van der Waals surface area contributed by atoms with Crippen molar-refractivity contribution < 1.29 is 22.6 Å². The van der Waals surface area contributed by atoms with Crippen LogP contribution < -0.4 is 10.1 Å². The average Bonchev–Trinajstić information content (AvgIpc) is 2.33. The summed E-state index contributed by atoms with van der Waals surface area (Å²) in [4.78, 5) is 3.89. The first-order valence-electron chi connectivity index (χ1n) is 5.84. The van der Waals surface area contributed by atoms with Gasteiger partial charge in [-0.1, -0.05) is 0 Å². The number of halogens is 3. The van der Waals surface area contributed by atoms with Gasteiger partial charge >= 0.3 is 6.18 Å². The SMILES string of the molecule is CNc1cc(C(F)(F)F)cc(OCCOC(C)C)n1. The maximum absolute atomic E-state index is 12.6. The minimum atomic E-state index is -4.43. The fourth-order valence-corrected chi connectivity index (χ4v) is 1.30. The van der Waals surface area contributed by atoms with Crippen LogP contribution in [-0.4, -0.2) is 31.3 Å². The van der Waals surface area contributed by atoms with Gasteiger partial charge in [0.2, 0.25) is 5.88 Å². The highest BCUT2D eigenvalue weighted by molar-refractivity contribution is 5.42. The minimum absolute atomic E-state index is 0.0472. The molecular weight excluding hydrogens is 261 g/mol. The van der Waals surface area contributed by atoms with Crippen LogP contribution in [0.4, 0.5) is 19.0 Å². The van der Waals surface area contributed by atoms with E-state index in [1.165, 1.54) is 7.05 Å². The van der Waals surface area contributed by atoms with Gasteiger partial charge in [0.25, 0.3) is 0 Å². The molecule has 108 valence electrons. The normalized spacial score (nSPS) is 11.7. The van der Waals surface area contributed by atoms with E-state index >= 15 is 0 Å². The number of nitrogens with one attached hydrogen (secondary N) is 1. The monoisotopic (exact) mass is 278 g/mol. The molecule has 19 heavy (non-hydrogen) atoms. The summed E-state index contributed by atoms with van der Waals surface area (Å²) in [5, 5.41) is 2.57. The molecule has 7 heteroatoms. The van der Waals surface area contributed by atoms with E-state index in [1.54, 1.807) is 0 Å². The second kappa shape index (κ2) is 6.60. The molecule has 1 rings (SSSR count). The smallest absolute Gasteiger partial charge is 0.416 e. The predicted molar refractivity (Wildman–Crippen MR) is 65.4 cm³/mol. The Morgan fingerprint density at radius 1 is 1.26 bits per heavy atom. The molecule has 0 saturated heterocycles. The topological polar surface area (TPSA) is 43.4 Å². The highest BCUT2D eigenvalue weighted by atomic mass is 19.4. The van der Waals surface area contributed by atoms with E-state index in [2.05, 4.69) is 10.3 Å². The molecule has 0 amide bonds. The minimum Gasteiger partial charge on any atom is -0.475 e. The van der Waals surface area contributed by atoms with Crippen molar-refractivity contribution in [3.8, 4) is 5.88 Å². The van der Waals surface area contributed by atoms with Gasteiger partial charge in [-0.05, 0) is 19.9 Å². The average molecular weight is 278 g/mol. The number of nitrogens with zero attached hydrogens (tertiary/aromatic N) is 1. The number of ether oxygens (including phenoxy) is 2. The summed E-state index contributed by atoms with van der Waals surface area (Å²) in [5.41, 5.74) is -0.799. The molecule has 0 fully saturated rings. The molecule has 0 unspecified atom stereocenters. The molecule has 1 heterocycles. The molecular formula is C12H17F3N2O2. The van der Waals surface area contributed by atoms with Gasteiger partial charge in [-0.25, -0.2) is 0 Å². The van der Waals surface area contributed by atoms with Crippen LogP contribution in [0.25, 0.3) is 0 Å². The molecule has 0 spiro atoms. The molecule has 0 radical (unpaired) electrons. The van der Waals surface area contributed by atoms with Crippen LogP contribution in [0.15, 0.2) is 12.1 Å². The second-order valence-electron chi connectivity index (χ2n) is 4.10. The van der Waals surface area contributed by atoms with Gasteiger partial charge in [0.15, 0.2) is 0 Å². The van der Waals surface area contributed by atoms with E-state index in [0.717, 1.165) is 12.1 Å². The van der Waals surface area contributed by atoms with Gasteiger partial charge in [0.1, 0.15) is 12.4 Å². The fourth-order valence-electron chi connectivity index (χ4n) is 1.30. The van der Waals surface area contributed by atoms with E-state index in [9.17, 15) is 13.2 Å². The summed E-state index contributed by atoms with van der Waals surface area (Å²) in [6.07, 6.45) is -4.38. The van der Waals surface area contributed by atoms with Gasteiger partial charge in [0.05, 0.1) is 18.3 Å². The van der Waals surface area contributed by atoms with Crippen molar-refractivity contribution in [3.05, 3.63) is 17.7 Å². The molecule has 1 aromatic rings. The molecule has 4 nitrogen and oxygen atoms in total. The maximum atomic E-state index is 12.6. The van der Waals surface area contributed by atoms with Crippen molar-refractivity contribution >= 4 is 5.82 Å². The zero-order valence-corrected chi connectivity index (χ0v) is 11.0. The summed E-state index contributed by atoms with van der Waals surface area (Å²) >= 11 is 0. The molecule has 0 aliphatic heterocycles. The van der Waals surface area contributed by atoms with Gasteiger partial charge in [-0.2, -0.15) is 18.2 Å². The van der Waals surface area contributed by atoms with Crippen molar-refractivity contribution in [3.63, 3.8) is 0 Å². The van der Waals surface area contributed by atoms with Crippen LogP contribution in [0.1, 0.15) is 19.4 Å². The summed E-state index contributed by atoms with van der Waals surface area (Å²) in [5.74, 6) is 0.0288. The standard InChI is InChI=1S/C12H17F3N2O2/c1-8(2)18-4-5-19-11-7-9(12(13,14)15)6-10(16-3)17-11/h6-8H,4-5H2,1-3H3,(H,16,17). The lowest BCUT2D eigenvalue weighted by molar-refractivity contribution is -0.137. The molecule has 0 bridgehead atoms. The third-order valence-electron chi connectivity index (χ3n) is 2.17. The predicted octanol–water partition coefficient (Wildman–Crippen LogP) is 2.95. The van der Waals surface area contributed by atoms with Crippen molar-refractivity contribution in [2.45, 2.75) is 26.1 Å². The number of rotatable bonds is 6. The van der Waals surface area contributed by atoms with Crippen LogP contribution in [0.3, 0.4) is 0 Å². The molecule has 0 aromatic carbocycles. The molecule has 0 saturated carbocycles. The Morgan fingerprint density at radius 3 is 2.47 bits per heavy atom. The molecule has 0 aliphatic carbocycles. The Kier molecular flexibility index (Phi) is 5.41. The fraction of sp³-hybridized carbons (Fsp3) is 0.583. The number of pyridine rings is 1. The lowest BCUT2D eigenvalue weighted by Crippen LogP contribution is -2.13. The number of aromatic nitrogens is 1. The largest absolute Gasteiger partial charge is 0.475 e. The van der Waals surface area contributed by atoms with Crippen LogP contribution in [0.5, 0.6) is 5.88 Å². The summed E-state index contributed by atoms with van der Waals surface area (Å²) in [7, 11) is 1.49. The van der Waals surface area contributed by atoms with Crippen molar-refractivity contribution in [1.29, 1.82) is 0 Å². The number of hydrogen-bond acceptors (Lipinski definition) is 4.